The van der Waals surface area contributed by atoms with E-state index in [1.165, 1.54) is 23.5 Å². The second kappa shape index (κ2) is 5.91. The molecule has 18 heavy (non-hydrogen) atoms. The van der Waals surface area contributed by atoms with Gasteiger partial charge in [0.1, 0.15) is 10.8 Å². The molecular weight excluding hydrogens is 315 g/mol. The second-order valence-corrected chi connectivity index (χ2v) is 5.69. The molecule has 0 bridgehead atoms. The average Bonchev–Trinajstić information content (AvgIpc) is 2.82. The molecule has 2 aromatic rings. The van der Waals surface area contributed by atoms with Crippen LogP contribution in [0.3, 0.4) is 0 Å². The van der Waals surface area contributed by atoms with E-state index in [1.54, 1.807) is 6.07 Å². The van der Waals surface area contributed by atoms with Crippen molar-refractivity contribution >= 4 is 27.3 Å². The van der Waals surface area contributed by atoms with Gasteiger partial charge in [-0.25, -0.2) is 9.37 Å². The van der Waals surface area contributed by atoms with Crippen LogP contribution in [-0.2, 0) is 0 Å². The van der Waals surface area contributed by atoms with Gasteiger partial charge in [0.15, 0.2) is 0 Å². The Labute approximate surface area is 118 Å². The molecule has 1 atom stereocenters. The lowest BCUT2D eigenvalue weighted by Gasteiger charge is -2.08. The van der Waals surface area contributed by atoms with Gasteiger partial charge in [0.2, 0.25) is 0 Å². The monoisotopic (exact) mass is 328 g/mol. The minimum atomic E-state index is -0.246. The minimum Gasteiger partial charge on any atom is -0.309 e. The first-order valence-corrected chi connectivity index (χ1v) is 7.43. The lowest BCUT2D eigenvalue weighted by Crippen LogP contribution is -2.17. The molecule has 2 nitrogen and oxygen atoms in total. The van der Waals surface area contributed by atoms with Crippen LogP contribution in [0.5, 0.6) is 0 Å². The Kier molecular flexibility index (Phi) is 4.48. The van der Waals surface area contributed by atoms with Gasteiger partial charge in [0.25, 0.3) is 0 Å². The summed E-state index contributed by atoms with van der Waals surface area (Å²) in [4.78, 5) is 4.56. The number of halogens is 2. The van der Waals surface area contributed by atoms with Gasteiger partial charge < -0.3 is 5.32 Å². The molecule has 5 heteroatoms. The highest BCUT2D eigenvalue weighted by atomic mass is 79.9. The predicted molar refractivity (Wildman–Crippen MR) is 77.3 cm³/mol. The molecule has 0 amide bonds. The standard InChI is InChI=1S/C13H14BrFN2S/c1-3-16-8(2)12-7-18-13(17-12)10-6-9(15)4-5-11(10)14/h4-8,16H,3H2,1-2H3. The minimum absolute atomic E-state index is 0.215. The van der Waals surface area contributed by atoms with Crippen LogP contribution in [-0.4, -0.2) is 11.5 Å². The highest BCUT2D eigenvalue weighted by Crippen LogP contribution is 2.32. The van der Waals surface area contributed by atoms with Crippen LogP contribution >= 0.6 is 27.3 Å². The van der Waals surface area contributed by atoms with E-state index in [-0.39, 0.29) is 11.9 Å². The van der Waals surface area contributed by atoms with Crippen LogP contribution in [0.4, 0.5) is 4.39 Å². The Balaban J connectivity index is 2.32. The molecule has 96 valence electrons. The Hall–Kier alpha value is -0.780. The van der Waals surface area contributed by atoms with Crippen LogP contribution in [0.1, 0.15) is 25.6 Å². The van der Waals surface area contributed by atoms with Crippen molar-refractivity contribution in [1.29, 1.82) is 0 Å². The molecule has 1 aromatic carbocycles. The third-order valence-electron chi connectivity index (χ3n) is 2.63. The van der Waals surface area contributed by atoms with Crippen LogP contribution in [0.25, 0.3) is 10.6 Å². The van der Waals surface area contributed by atoms with E-state index in [9.17, 15) is 4.39 Å². The fourth-order valence-electron chi connectivity index (χ4n) is 1.68. The average molecular weight is 329 g/mol. The molecule has 1 heterocycles. The maximum absolute atomic E-state index is 13.3. The Morgan fingerprint density at radius 1 is 1.50 bits per heavy atom. The lowest BCUT2D eigenvalue weighted by atomic mass is 10.2. The largest absolute Gasteiger partial charge is 0.309 e. The number of nitrogens with zero attached hydrogens (tertiary/aromatic N) is 1. The first-order valence-electron chi connectivity index (χ1n) is 5.76. The van der Waals surface area contributed by atoms with E-state index in [4.69, 9.17) is 0 Å². The smallest absolute Gasteiger partial charge is 0.124 e. The lowest BCUT2D eigenvalue weighted by molar-refractivity contribution is 0.587. The number of rotatable bonds is 4. The second-order valence-electron chi connectivity index (χ2n) is 3.98. The topological polar surface area (TPSA) is 24.9 Å². The van der Waals surface area contributed by atoms with Crippen molar-refractivity contribution < 1.29 is 4.39 Å². The SMILES string of the molecule is CCNC(C)c1csc(-c2cc(F)ccc2Br)n1. The van der Waals surface area contributed by atoms with E-state index in [0.717, 1.165) is 27.3 Å². The van der Waals surface area contributed by atoms with Crippen LogP contribution in [0.15, 0.2) is 28.1 Å². The number of nitrogens with one attached hydrogen (secondary N) is 1. The van der Waals surface area contributed by atoms with Crippen molar-refractivity contribution in [3.05, 3.63) is 39.6 Å². The fraction of sp³-hybridized carbons (Fsp3) is 0.308. The third-order valence-corrected chi connectivity index (χ3v) is 4.22. The van der Waals surface area contributed by atoms with E-state index in [0.29, 0.717) is 0 Å². The van der Waals surface area contributed by atoms with Gasteiger partial charge in [-0.15, -0.1) is 11.3 Å². The van der Waals surface area contributed by atoms with Gasteiger partial charge in [-0.3, -0.25) is 0 Å². The van der Waals surface area contributed by atoms with Crippen LogP contribution < -0.4 is 5.32 Å². The molecule has 1 unspecified atom stereocenters. The summed E-state index contributed by atoms with van der Waals surface area (Å²) in [6, 6.07) is 4.86. The first kappa shape index (κ1) is 13.6. The molecule has 0 aliphatic rings. The van der Waals surface area contributed by atoms with Gasteiger partial charge in [0.05, 0.1) is 5.69 Å². The Morgan fingerprint density at radius 3 is 3.00 bits per heavy atom. The summed E-state index contributed by atoms with van der Waals surface area (Å²) in [5, 5.41) is 6.16. The maximum Gasteiger partial charge on any atom is 0.124 e. The van der Waals surface area contributed by atoms with Crippen molar-refractivity contribution in [3.8, 4) is 10.6 Å². The molecule has 2 rings (SSSR count). The van der Waals surface area contributed by atoms with Crippen LogP contribution in [0.2, 0.25) is 0 Å². The summed E-state index contributed by atoms with van der Waals surface area (Å²) >= 11 is 4.96. The highest BCUT2D eigenvalue weighted by molar-refractivity contribution is 9.10. The highest BCUT2D eigenvalue weighted by Gasteiger charge is 2.12. The first-order chi connectivity index (χ1) is 8.61. The Bertz CT molecular complexity index is 542. The van der Waals surface area contributed by atoms with Crippen molar-refractivity contribution in [2.75, 3.05) is 6.54 Å². The molecule has 0 spiro atoms. The van der Waals surface area contributed by atoms with Gasteiger partial charge in [0, 0.05) is 21.5 Å². The van der Waals surface area contributed by atoms with E-state index in [2.05, 4.69) is 40.1 Å². The van der Waals surface area contributed by atoms with E-state index >= 15 is 0 Å². The van der Waals surface area contributed by atoms with Crippen molar-refractivity contribution in [3.63, 3.8) is 0 Å². The zero-order chi connectivity index (χ0) is 13.1. The van der Waals surface area contributed by atoms with Gasteiger partial charge in [-0.2, -0.15) is 0 Å². The molecule has 0 aliphatic carbocycles. The summed E-state index contributed by atoms with van der Waals surface area (Å²) < 4.78 is 14.1. The predicted octanol–water partition coefficient (Wildman–Crippen LogP) is 4.38. The van der Waals surface area contributed by atoms with Crippen molar-refractivity contribution in [2.45, 2.75) is 19.9 Å². The molecule has 1 aromatic heterocycles. The number of hydrogen-bond donors (Lipinski definition) is 1. The summed E-state index contributed by atoms with van der Waals surface area (Å²) in [6.07, 6.45) is 0. The number of thiazole rings is 1. The van der Waals surface area contributed by atoms with E-state index in [1.807, 2.05) is 5.38 Å². The molecule has 0 aliphatic heterocycles. The normalized spacial score (nSPS) is 12.7. The summed E-state index contributed by atoms with van der Waals surface area (Å²) in [7, 11) is 0. The molecule has 1 N–H and O–H groups in total. The molecule has 0 saturated carbocycles. The van der Waals surface area contributed by atoms with Gasteiger partial charge >= 0.3 is 0 Å². The van der Waals surface area contributed by atoms with Crippen LogP contribution in [0, 0.1) is 5.82 Å². The zero-order valence-electron chi connectivity index (χ0n) is 10.2. The number of hydrogen-bond acceptors (Lipinski definition) is 3. The number of aromatic nitrogens is 1. The maximum atomic E-state index is 13.3. The Morgan fingerprint density at radius 2 is 2.28 bits per heavy atom. The molecular formula is C13H14BrFN2S. The fourth-order valence-corrected chi connectivity index (χ4v) is 3.19. The van der Waals surface area contributed by atoms with Gasteiger partial charge in [-0.05, 0) is 31.7 Å². The molecule has 0 radical (unpaired) electrons. The third kappa shape index (κ3) is 2.96. The summed E-state index contributed by atoms with van der Waals surface area (Å²) in [5.74, 6) is -0.246. The summed E-state index contributed by atoms with van der Waals surface area (Å²) in [5.41, 5.74) is 1.79. The molecule has 0 fully saturated rings. The number of benzene rings is 1. The van der Waals surface area contributed by atoms with E-state index < -0.39 is 0 Å². The molecule has 0 saturated heterocycles. The van der Waals surface area contributed by atoms with Gasteiger partial charge in [-0.1, -0.05) is 22.9 Å². The van der Waals surface area contributed by atoms with Crippen molar-refractivity contribution in [2.24, 2.45) is 0 Å². The quantitative estimate of drug-likeness (QED) is 0.900. The zero-order valence-corrected chi connectivity index (χ0v) is 12.6. The summed E-state index contributed by atoms with van der Waals surface area (Å²) in [6.45, 7) is 5.04. The van der Waals surface area contributed by atoms with Crippen molar-refractivity contribution in [1.82, 2.24) is 10.3 Å².